The largest absolute Gasteiger partial charge is 0.484 e. The van der Waals surface area contributed by atoms with Gasteiger partial charge < -0.3 is 4.74 Å². The molecule has 7 heteroatoms. The van der Waals surface area contributed by atoms with Crippen molar-refractivity contribution in [2.24, 2.45) is 0 Å². The number of carbonyl (C=O) groups is 1. The summed E-state index contributed by atoms with van der Waals surface area (Å²) in [4.78, 5) is 11.9. The third-order valence-corrected chi connectivity index (χ3v) is 4.38. The molecule has 22 heavy (non-hydrogen) atoms. The predicted molar refractivity (Wildman–Crippen MR) is 85.4 cm³/mol. The molecule has 6 nitrogen and oxygen atoms in total. The minimum Gasteiger partial charge on any atom is -0.484 e. The first-order chi connectivity index (χ1) is 10.6. The Morgan fingerprint density at radius 2 is 2.14 bits per heavy atom. The zero-order valence-electron chi connectivity index (χ0n) is 12.6. The Morgan fingerprint density at radius 1 is 1.36 bits per heavy atom. The summed E-state index contributed by atoms with van der Waals surface area (Å²) in [5, 5.41) is 11.6. The van der Waals surface area contributed by atoms with Gasteiger partial charge in [0.1, 0.15) is 5.75 Å². The Hall–Kier alpha value is -2.02. The van der Waals surface area contributed by atoms with Crippen molar-refractivity contribution in [3.63, 3.8) is 0 Å². The van der Waals surface area contributed by atoms with Crippen molar-refractivity contribution in [2.45, 2.75) is 31.5 Å². The zero-order valence-corrected chi connectivity index (χ0v) is 13.4. The van der Waals surface area contributed by atoms with Crippen molar-refractivity contribution >= 4 is 23.6 Å². The number of amides is 1. The summed E-state index contributed by atoms with van der Waals surface area (Å²) in [6, 6.07) is 7.79. The number of fused-ring (bicyclic) bond motifs is 1. The van der Waals surface area contributed by atoms with E-state index in [1.54, 1.807) is 11.8 Å². The van der Waals surface area contributed by atoms with Crippen LogP contribution in [-0.2, 0) is 11.3 Å². The van der Waals surface area contributed by atoms with Gasteiger partial charge in [0, 0.05) is 12.3 Å². The van der Waals surface area contributed by atoms with Crippen molar-refractivity contribution in [2.75, 3.05) is 17.7 Å². The molecule has 0 saturated carbocycles. The minimum absolute atomic E-state index is 0.0453. The molecule has 0 bridgehead atoms. The van der Waals surface area contributed by atoms with Gasteiger partial charge in [-0.2, -0.15) is 0 Å². The number of hydrogen-bond donors (Lipinski definition) is 1. The molecule has 0 spiro atoms. The predicted octanol–water partition coefficient (Wildman–Crippen LogP) is 2.52. The molecule has 0 atom stereocenters. The molecule has 0 fully saturated rings. The molecule has 1 aliphatic heterocycles. The van der Waals surface area contributed by atoms with Crippen LogP contribution in [0.4, 0.5) is 5.95 Å². The van der Waals surface area contributed by atoms with Crippen LogP contribution in [0.25, 0.3) is 0 Å². The number of hydrogen-bond acceptors (Lipinski definition) is 5. The molecule has 2 aromatic rings. The van der Waals surface area contributed by atoms with Gasteiger partial charge in [-0.3, -0.25) is 14.7 Å². The summed E-state index contributed by atoms with van der Waals surface area (Å²) in [5.74, 6) is 2.38. The van der Waals surface area contributed by atoms with E-state index in [4.69, 9.17) is 4.74 Å². The maximum absolute atomic E-state index is 11.9. The van der Waals surface area contributed by atoms with Gasteiger partial charge in [0.05, 0.1) is 0 Å². The second-order valence-corrected chi connectivity index (χ2v) is 6.43. The lowest BCUT2D eigenvalue weighted by Gasteiger charge is -2.09. The number of aromatic nitrogens is 3. The SMILES string of the molecule is CC(C)c1ccc(OCC(=O)Nc2nnc3n2CCS3)cc1. The first-order valence-corrected chi connectivity index (χ1v) is 8.20. The van der Waals surface area contributed by atoms with Crippen LogP contribution in [-0.4, -0.2) is 33.0 Å². The molecule has 0 saturated heterocycles. The maximum atomic E-state index is 11.9. The molecule has 116 valence electrons. The smallest absolute Gasteiger partial charge is 0.264 e. The van der Waals surface area contributed by atoms with Crippen LogP contribution >= 0.6 is 11.8 Å². The van der Waals surface area contributed by atoms with Crippen LogP contribution < -0.4 is 10.1 Å². The molecule has 2 heterocycles. The summed E-state index contributed by atoms with van der Waals surface area (Å²) < 4.78 is 7.40. The van der Waals surface area contributed by atoms with Crippen molar-refractivity contribution in [3.05, 3.63) is 29.8 Å². The fourth-order valence-electron chi connectivity index (χ4n) is 2.18. The third kappa shape index (κ3) is 3.24. The Bertz CT molecular complexity index is 667. The fourth-order valence-corrected chi connectivity index (χ4v) is 3.06. The van der Waals surface area contributed by atoms with Gasteiger partial charge in [0.2, 0.25) is 5.95 Å². The topological polar surface area (TPSA) is 69.0 Å². The summed E-state index contributed by atoms with van der Waals surface area (Å²) in [6.07, 6.45) is 0. The number of ether oxygens (including phenoxy) is 1. The second kappa shape index (κ2) is 6.39. The quantitative estimate of drug-likeness (QED) is 0.917. The molecule has 1 aromatic carbocycles. The highest BCUT2D eigenvalue weighted by atomic mass is 32.2. The van der Waals surface area contributed by atoms with Crippen LogP contribution in [0.2, 0.25) is 0 Å². The van der Waals surface area contributed by atoms with E-state index < -0.39 is 0 Å². The molecule has 1 aliphatic rings. The van der Waals surface area contributed by atoms with Crippen LogP contribution in [0.15, 0.2) is 29.4 Å². The summed E-state index contributed by atoms with van der Waals surface area (Å²) in [6.45, 7) is 5.05. The average molecular weight is 318 g/mol. The van der Waals surface area contributed by atoms with Crippen LogP contribution in [0.5, 0.6) is 5.75 Å². The molecule has 1 aromatic heterocycles. The van der Waals surface area contributed by atoms with Gasteiger partial charge in [-0.25, -0.2) is 0 Å². The van der Waals surface area contributed by atoms with E-state index in [0.717, 1.165) is 17.5 Å². The number of rotatable bonds is 5. The van der Waals surface area contributed by atoms with Crippen LogP contribution in [0.1, 0.15) is 25.3 Å². The Labute approximate surface area is 133 Å². The van der Waals surface area contributed by atoms with E-state index in [-0.39, 0.29) is 12.5 Å². The molecule has 1 amide bonds. The highest BCUT2D eigenvalue weighted by molar-refractivity contribution is 7.99. The van der Waals surface area contributed by atoms with Crippen LogP contribution in [0, 0.1) is 0 Å². The van der Waals surface area contributed by atoms with E-state index in [2.05, 4.69) is 29.4 Å². The summed E-state index contributed by atoms with van der Waals surface area (Å²) >= 11 is 1.64. The fraction of sp³-hybridized carbons (Fsp3) is 0.400. The average Bonchev–Trinajstić information content (AvgIpc) is 3.11. The summed E-state index contributed by atoms with van der Waals surface area (Å²) in [5.41, 5.74) is 1.24. The number of benzene rings is 1. The van der Waals surface area contributed by atoms with Crippen molar-refractivity contribution in [1.29, 1.82) is 0 Å². The molecule has 3 rings (SSSR count). The second-order valence-electron chi connectivity index (χ2n) is 5.37. The highest BCUT2D eigenvalue weighted by Crippen LogP contribution is 2.26. The summed E-state index contributed by atoms with van der Waals surface area (Å²) in [7, 11) is 0. The highest BCUT2D eigenvalue weighted by Gasteiger charge is 2.19. The third-order valence-electron chi connectivity index (χ3n) is 3.43. The molecule has 0 radical (unpaired) electrons. The van der Waals surface area contributed by atoms with E-state index in [1.807, 2.05) is 28.8 Å². The van der Waals surface area contributed by atoms with Crippen molar-refractivity contribution < 1.29 is 9.53 Å². The van der Waals surface area contributed by atoms with Gasteiger partial charge in [-0.05, 0) is 23.6 Å². The number of nitrogens with zero attached hydrogens (tertiary/aromatic N) is 3. The first kappa shape index (κ1) is 14.9. The monoisotopic (exact) mass is 318 g/mol. The maximum Gasteiger partial charge on any atom is 0.264 e. The molecular weight excluding hydrogens is 300 g/mol. The Kier molecular flexibility index (Phi) is 4.33. The Balaban J connectivity index is 1.53. The first-order valence-electron chi connectivity index (χ1n) is 7.22. The van der Waals surface area contributed by atoms with Crippen molar-refractivity contribution in [1.82, 2.24) is 14.8 Å². The molecule has 1 N–H and O–H groups in total. The zero-order chi connectivity index (χ0) is 15.5. The number of nitrogens with one attached hydrogen (secondary N) is 1. The van der Waals surface area contributed by atoms with Gasteiger partial charge in [-0.1, -0.05) is 37.7 Å². The molecular formula is C15H18N4O2S. The molecule has 0 aliphatic carbocycles. The van der Waals surface area contributed by atoms with E-state index in [9.17, 15) is 4.79 Å². The van der Waals surface area contributed by atoms with Gasteiger partial charge in [0.25, 0.3) is 5.91 Å². The van der Waals surface area contributed by atoms with E-state index in [0.29, 0.717) is 17.6 Å². The van der Waals surface area contributed by atoms with Crippen LogP contribution in [0.3, 0.4) is 0 Å². The number of anilines is 1. The lowest BCUT2D eigenvalue weighted by molar-refractivity contribution is -0.118. The standard InChI is InChI=1S/C15H18N4O2S/c1-10(2)11-3-5-12(6-4-11)21-9-13(20)16-14-17-18-15-19(14)7-8-22-15/h3-6,10H,7-9H2,1-2H3,(H,16,17,20). The van der Waals surface area contributed by atoms with Gasteiger partial charge in [-0.15, -0.1) is 10.2 Å². The van der Waals surface area contributed by atoms with Gasteiger partial charge in [0.15, 0.2) is 11.8 Å². The van der Waals surface area contributed by atoms with E-state index >= 15 is 0 Å². The lowest BCUT2D eigenvalue weighted by atomic mass is 10.0. The number of carbonyl (C=O) groups excluding carboxylic acids is 1. The van der Waals surface area contributed by atoms with E-state index in [1.165, 1.54) is 5.56 Å². The normalized spacial score (nSPS) is 13.2. The van der Waals surface area contributed by atoms with Gasteiger partial charge >= 0.3 is 0 Å². The molecule has 0 unspecified atom stereocenters. The Morgan fingerprint density at radius 3 is 2.86 bits per heavy atom. The van der Waals surface area contributed by atoms with Crippen molar-refractivity contribution in [3.8, 4) is 5.75 Å². The minimum atomic E-state index is -0.236. The lowest BCUT2D eigenvalue weighted by Crippen LogP contribution is -2.22. The number of thioether (sulfide) groups is 1.